The number of rotatable bonds is 6. The smallest absolute Gasteiger partial charge is 0.225 e. The normalized spacial score (nSPS) is 15.0. The van der Waals surface area contributed by atoms with Crippen molar-refractivity contribution in [2.45, 2.75) is 43.2 Å². The number of nitrogens with zero attached hydrogens (tertiary/aromatic N) is 2. The van der Waals surface area contributed by atoms with E-state index < -0.39 is 9.84 Å². The van der Waals surface area contributed by atoms with Crippen molar-refractivity contribution in [3.63, 3.8) is 0 Å². The third kappa shape index (κ3) is 4.25. The number of benzene rings is 2. The summed E-state index contributed by atoms with van der Waals surface area (Å²) in [5.41, 5.74) is 1.86. The Labute approximate surface area is 165 Å². The highest BCUT2D eigenvalue weighted by atomic mass is 32.2. The van der Waals surface area contributed by atoms with Crippen LogP contribution in [0.4, 0.5) is 11.8 Å². The molecule has 146 valence electrons. The number of hydrogen-bond donors (Lipinski definition) is 2. The molecule has 0 spiro atoms. The predicted molar refractivity (Wildman–Crippen MR) is 112 cm³/mol. The molecule has 3 aromatic rings. The maximum Gasteiger partial charge on any atom is 0.225 e. The molecule has 6 nitrogen and oxygen atoms in total. The first-order chi connectivity index (χ1) is 13.5. The highest BCUT2D eigenvalue weighted by molar-refractivity contribution is 7.90. The molecule has 4 rings (SSSR count). The van der Waals surface area contributed by atoms with Crippen LogP contribution in [0, 0.1) is 0 Å². The summed E-state index contributed by atoms with van der Waals surface area (Å²) < 4.78 is 23.2. The van der Waals surface area contributed by atoms with Gasteiger partial charge in [-0.05, 0) is 42.7 Å². The van der Waals surface area contributed by atoms with Crippen LogP contribution in [0.1, 0.15) is 31.2 Å². The summed E-state index contributed by atoms with van der Waals surface area (Å²) in [5, 5.41) is 7.88. The van der Waals surface area contributed by atoms with E-state index >= 15 is 0 Å². The van der Waals surface area contributed by atoms with Gasteiger partial charge in [-0.25, -0.2) is 13.4 Å². The number of hydrogen-bond acceptors (Lipinski definition) is 6. The number of aromatic nitrogens is 2. The zero-order valence-corrected chi connectivity index (χ0v) is 16.7. The van der Waals surface area contributed by atoms with Crippen molar-refractivity contribution in [3.05, 3.63) is 54.1 Å². The van der Waals surface area contributed by atoms with Crippen LogP contribution in [0.25, 0.3) is 10.9 Å². The third-order valence-electron chi connectivity index (χ3n) is 5.10. The monoisotopic (exact) mass is 396 g/mol. The van der Waals surface area contributed by atoms with Gasteiger partial charge in [0.05, 0.1) is 10.4 Å². The third-order valence-corrected chi connectivity index (χ3v) is 6.23. The van der Waals surface area contributed by atoms with Crippen LogP contribution in [0.3, 0.4) is 0 Å². The van der Waals surface area contributed by atoms with Crippen LogP contribution in [0.5, 0.6) is 0 Å². The fourth-order valence-corrected chi connectivity index (χ4v) is 4.20. The van der Waals surface area contributed by atoms with Gasteiger partial charge in [0.1, 0.15) is 5.82 Å². The molecule has 0 radical (unpaired) electrons. The maximum absolute atomic E-state index is 11.6. The van der Waals surface area contributed by atoms with E-state index in [0.29, 0.717) is 23.4 Å². The van der Waals surface area contributed by atoms with E-state index in [1.165, 1.54) is 31.9 Å². The first kappa shape index (κ1) is 18.7. The molecule has 1 heterocycles. The lowest BCUT2D eigenvalue weighted by molar-refractivity contribution is 0.602. The quantitative estimate of drug-likeness (QED) is 0.655. The fourth-order valence-electron chi connectivity index (χ4n) is 3.56. The van der Waals surface area contributed by atoms with E-state index in [9.17, 15) is 8.42 Å². The summed E-state index contributed by atoms with van der Waals surface area (Å²) in [6.07, 6.45) is 6.08. The Hall–Kier alpha value is -2.67. The van der Waals surface area contributed by atoms with Gasteiger partial charge in [-0.1, -0.05) is 37.1 Å². The number of anilines is 2. The number of sulfone groups is 1. The van der Waals surface area contributed by atoms with Crippen LogP contribution < -0.4 is 10.6 Å². The lowest BCUT2D eigenvalue weighted by atomic mass is 10.2. The van der Waals surface area contributed by atoms with Crippen LogP contribution in [-0.4, -0.2) is 30.7 Å². The van der Waals surface area contributed by atoms with Crippen LogP contribution in [0.15, 0.2) is 53.4 Å². The van der Waals surface area contributed by atoms with Gasteiger partial charge >= 0.3 is 0 Å². The number of fused-ring (bicyclic) bond motifs is 1. The molecule has 2 N–H and O–H groups in total. The maximum atomic E-state index is 11.6. The van der Waals surface area contributed by atoms with Crippen molar-refractivity contribution in [2.24, 2.45) is 0 Å². The summed E-state index contributed by atoms with van der Waals surface area (Å²) in [7, 11) is -3.18. The molecule has 0 amide bonds. The van der Waals surface area contributed by atoms with E-state index in [1.807, 2.05) is 36.4 Å². The van der Waals surface area contributed by atoms with Crippen molar-refractivity contribution in [2.75, 3.05) is 16.9 Å². The Morgan fingerprint density at radius 3 is 2.43 bits per heavy atom. The minimum absolute atomic E-state index is 0.321. The Morgan fingerprint density at radius 1 is 1.00 bits per heavy atom. The molecule has 2 aromatic carbocycles. The van der Waals surface area contributed by atoms with Crippen molar-refractivity contribution in [3.8, 4) is 0 Å². The minimum atomic E-state index is -3.18. The Bertz CT molecular complexity index is 1080. The molecule has 1 aliphatic carbocycles. The van der Waals surface area contributed by atoms with Crippen molar-refractivity contribution in [1.29, 1.82) is 0 Å². The molecule has 0 aliphatic heterocycles. The molecule has 0 bridgehead atoms. The molecule has 0 saturated heterocycles. The van der Waals surface area contributed by atoms with E-state index in [0.717, 1.165) is 22.3 Å². The second-order valence-corrected chi connectivity index (χ2v) is 9.32. The average Bonchev–Trinajstić information content (AvgIpc) is 3.19. The Morgan fingerprint density at radius 2 is 1.71 bits per heavy atom. The lowest BCUT2D eigenvalue weighted by Gasteiger charge is -2.16. The topological polar surface area (TPSA) is 84.0 Å². The Balaban J connectivity index is 1.54. The molecular weight excluding hydrogens is 372 g/mol. The fraction of sp³-hybridized carbons (Fsp3) is 0.333. The zero-order chi connectivity index (χ0) is 19.6. The second-order valence-electron chi connectivity index (χ2n) is 7.31. The molecule has 28 heavy (non-hydrogen) atoms. The van der Waals surface area contributed by atoms with E-state index in [2.05, 4.69) is 15.6 Å². The molecule has 0 unspecified atom stereocenters. The zero-order valence-electron chi connectivity index (χ0n) is 15.9. The lowest BCUT2D eigenvalue weighted by Crippen LogP contribution is -2.17. The van der Waals surface area contributed by atoms with E-state index in [1.54, 1.807) is 12.1 Å². The molecule has 1 saturated carbocycles. The molecule has 1 aliphatic rings. The summed E-state index contributed by atoms with van der Waals surface area (Å²) >= 11 is 0. The second kappa shape index (κ2) is 7.75. The summed E-state index contributed by atoms with van der Waals surface area (Å²) in [6, 6.07) is 15.3. The van der Waals surface area contributed by atoms with Gasteiger partial charge in [-0.3, -0.25) is 0 Å². The summed E-state index contributed by atoms with van der Waals surface area (Å²) in [4.78, 5) is 9.65. The van der Waals surface area contributed by atoms with Gasteiger partial charge < -0.3 is 10.6 Å². The van der Waals surface area contributed by atoms with Gasteiger partial charge in [0, 0.05) is 24.2 Å². The predicted octanol–water partition coefficient (Wildman–Crippen LogP) is 4.00. The van der Waals surface area contributed by atoms with E-state index in [-0.39, 0.29) is 0 Å². The molecule has 1 aromatic heterocycles. The van der Waals surface area contributed by atoms with Crippen LogP contribution in [-0.2, 0) is 16.4 Å². The van der Waals surface area contributed by atoms with Crippen molar-refractivity contribution in [1.82, 2.24) is 9.97 Å². The van der Waals surface area contributed by atoms with Crippen LogP contribution in [0.2, 0.25) is 0 Å². The molecule has 0 atom stereocenters. The SMILES string of the molecule is CS(=O)(=O)c1ccc(CNc2nc(NC3CCCC3)c3ccccc3n2)cc1. The highest BCUT2D eigenvalue weighted by Gasteiger charge is 2.17. The van der Waals surface area contributed by atoms with Gasteiger partial charge in [-0.15, -0.1) is 0 Å². The largest absolute Gasteiger partial charge is 0.367 e. The van der Waals surface area contributed by atoms with Gasteiger partial charge in [0.25, 0.3) is 0 Å². The van der Waals surface area contributed by atoms with Gasteiger partial charge in [0.15, 0.2) is 9.84 Å². The van der Waals surface area contributed by atoms with Crippen LogP contribution >= 0.6 is 0 Å². The minimum Gasteiger partial charge on any atom is -0.367 e. The van der Waals surface area contributed by atoms with Crippen molar-refractivity contribution >= 4 is 32.5 Å². The first-order valence-corrected chi connectivity index (χ1v) is 11.4. The first-order valence-electron chi connectivity index (χ1n) is 9.55. The molecule has 7 heteroatoms. The summed E-state index contributed by atoms with van der Waals surface area (Å²) in [5.74, 6) is 1.43. The Kier molecular flexibility index (Phi) is 5.17. The number of nitrogens with one attached hydrogen (secondary N) is 2. The standard InChI is InChI=1S/C21H24N4O2S/c1-28(26,27)17-12-10-15(11-13-17)14-22-21-24-19-9-5-4-8-18(19)20(25-21)23-16-6-2-3-7-16/h4-5,8-13,16H,2-3,6-7,14H2,1H3,(H2,22,23,24,25). The van der Waals surface area contributed by atoms with E-state index in [4.69, 9.17) is 4.98 Å². The molecular formula is C21H24N4O2S. The average molecular weight is 397 g/mol. The molecule has 1 fully saturated rings. The summed E-state index contributed by atoms with van der Waals surface area (Å²) in [6.45, 7) is 0.519. The highest BCUT2D eigenvalue weighted by Crippen LogP contribution is 2.27. The van der Waals surface area contributed by atoms with Crippen molar-refractivity contribution < 1.29 is 8.42 Å². The van der Waals surface area contributed by atoms with Gasteiger partial charge in [0.2, 0.25) is 5.95 Å². The van der Waals surface area contributed by atoms with Gasteiger partial charge in [-0.2, -0.15) is 4.98 Å². The number of para-hydroxylation sites is 1.